The van der Waals surface area contributed by atoms with E-state index in [4.69, 9.17) is 9.57 Å². The molecule has 7 heteroatoms. The lowest BCUT2D eigenvalue weighted by Gasteiger charge is -2.22. The monoisotopic (exact) mass is 327 g/mol. The van der Waals surface area contributed by atoms with Gasteiger partial charge < -0.3 is 9.57 Å². The van der Waals surface area contributed by atoms with Gasteiger partial charge in [-0.05, 0) is 54.4 Å². The van der Waals surface area contributed by atoms with Gasteiger partial charge >= 0.3 is 5.97 Å². The first-order valence-electron chi connectivity index (χ1n) is 7.21. The van der Waals surface area contributed by atoms with Crippen LogP contribution < -0.4 is 4.74 Å². The van der Waals surface area contributed by atoms with Crippen molar-refractivity contribution < 1.29 is 22.8 Å². The SMILES string of the molecule is CCC(=O)ON(C1CC1)S(=O)(=O)c1c(C)cc(OC)cc1C. The maximum absolute atomic E-state index is 12.9. The number of carbonyl (C=O) groups excluding carboxylic acids is 1. The van der Waals surface area contributed by atoms with Gasteiger partial charge in [-0.15, -0.1) is 0 Å². The molecule has 0 aliphatic heterocycles. The quantitative estimate of drug-likeness (QED) is 0.750. The van der Waals surface area contributed by atoms with Crippen LogP contribution in [0.5, 0.6) is 5.75 Å². The van der Waals surface area contributed by atoms with Crippen molar-refractivity contribution >= 4 is 16.0 Å². The van der Waals surface area contributed by atoms with Crippen LogP contribution in [-0.4, -0.2) is 32.0 Å². The molecule has 22 heavy (non-hydrogen) atoms. The number of methoxy groups -OCH3 is 1. The Labute approximate surface area is 131 Å². The first-order valence-corrected chi connectivity index (χ1v) is 8.65. The predicted octanol–water partition coefficient (Wildman–Crippen LogP) is 2.33. The average Bonchev–Trinajstić information content (AvgIpc) is 3.27. The maximum Gasteiger partial charge on any atom is 0.326 e. The van der Waals surface area contributed by atoms with Crippen molar-refractivity contribution in [2.75, 3.05) is 7.11 Å². The molecule has 0 spiro atoms. The predicted molar refractivity (Wildman–Crippen MR) is 80.9 cm³/mol. The molecule has 0 atom stereocenters. The number of hydroxylamine groups is 1. The first kappa shape index (κ1) is 16.8. The molecule has 1 aromatic carbocycles. The van der Waals surface area contributed by atoms with Crippen LogP contribution in [0.1, 0.15) is 37.3 Å². The van der Waals surface area contributed by atoms with E-state index in [1.165, 1.54) is 7.11 Å². The minimum absolute atomic E-state index is 0.124. The number of carbonyl (C=O) groups is 1. The molecule has 0 heterocycles. The van der Waals surface area contributed by atoms with Gasteiger partial charge in [0, 0.05) is 6.42 Å². The fraction of sp³-hybridized carbons (Fsp3) is 0.533. The standard InChI is InChI=1S/C15H21NO5S/c1-5-14(17)21-16(12-6-7-12)22(18,19)15-10(2)8-13(20-4)9-11(15)3/h8-9,12H,5-7H2,1-4H3. The summed E-state index contributed by atoms with van der Waals surface area (Å²) in [7, 11) is -2.36. The molecule has 0 aromatic heterocycles. The van der Waals surface area contributed by atoms with E-state index in [0.29, 0.717) is 29.7 Å². The van der Waals surface area contributed by atoms with Crippen LogP contribution in [-0.2, 0) is 19.7 Å². The Hall–Kier alpha value is -1.60. The molecule has 0 unspecified atom stereocenters. The van der Waals surface area contributed by atoms with Crippen LogP contribution in [0.2, 0.25) is 0 Å². The van der Waals surface area contributed by atoms with E-state index in [1.54, 1.807) is 32.9 Å². The van der Waals surface area contributed by atoms with Crippen molar-refractivity contribution in [3.05, 3.63) is 23.3 Å². The summed E-state index contributed by atoms with van der Waals surface area (Å²) in [5.41, 5.74) is 1.13. The molecule has 1 aliphatic carbocycles. The van der Waals surface area contributed by atoms with E-state index in [2.05, 4.69) is 0 Å². The van der Waals surface area contributed by atoms with Gasteiger partial charge in [0.2, 0.25) is 0 Å². The number of rotatable bonds is 6. The van der Waals surface area contributed by atoms with Crippen LogP contribution in [0.25, 0.3) is 0 Å². The number of hydrogen-bond acceptors (Lipinski definition) is 5. The third kappa shape index (κ3) is 3.25. The molecule has 2 rings (SSSR count). The summed E-state index contributed by atoms with van der Waals surface area (Å²) < 4.78 is 31.9. The fourth-order valence-electron chi connectivity index (χ4n) is 2.30. The fourth-order valence-corrected chi connectivity index (χ4v) is 4.19. The normalized spacial score (nSPS) is 15.0. The Bertz CT molecular complexity index is 656. The van der Waals surface area contributed by atoms with Crippen molar-refractivity contribution in [1.82, 2.24) is 4.47 Å². The Morgan fingerprint density at radius 2 is 1.82 bits per heavy atom. The van der Waals surface area contributed by atoms with E-state index in [0.717, 1.165) is 4.47 Å². The average molecular weight is 327 g/mol. The Morgan fingerprint density at radius 1 is 1.27 bits per heavy atom. The Kier molecular flexibility index (Phi) is 4.77. The van der Waals surface area contributed by atoms with E-state index >= 15 is 0 Å². The Balaban J connectivity index is 2.46. The summed E-state index contributed by atoms with van der Waals surface area (Å²) in [5.74, 6) is 0.0387. The van der Waals surface area contributed by atoms with Crippen LogP contribution >= 0.6 is 0 Å². The molecule has 0 bridgehead atoms. The lowest BCUT2D eigenvalue weighted by Crippen LogP contribution is -2.36. The van der Waals surface area contributed by atoms with Crippen LogP contribution in [0.4, 0.5) is 0 Å². The number of nitrogens with zero attached hydrogens (tertiary/aromatic N) is 1. The second-order valence-electron chi connectivity index (χ2n) is 5.40. The number of ether oxygens (including phenoxy) is 1. The second kappa shape index (κ2) is 6.26. The third-order valence-corrected chi connectivity index (χ3v) is 5.50. The highest BCUT2D eigenvalue weighted by Gasteiger charge is 2.42. The highest BCUT2D eigenvalue weighted by atomic mass is 32.2. The molecule has 6 nitrogen and oxygen atoms in total. The van der Waals surface area contributed by atoms with Gasteiger partial charge in [-0.1, -0.05) is 6.92 Å². The lowest BCUT2D eigenvalue weighted by atomic mass is 10.1. The van der Waals surface area contributed by atoms with Crippen LogP contribution in [0.15, 0.2) is 17.0 Å². The largest absolute Gasteiger partial charge is 0.497 e. The zero-order chi connectivity index (χ0) is 16.5. The zero-order valence-corrected chi connectivity index (χ0v) is 14.1. The molecule has 0 amide bonds. The molecular formula is C15H21NO5S. The van der Waals surface area contributed by atoms with Crippen molar-refractivity contribution in [2.24, 2.45) is 0 Å². The summed E-state index contributed by atoms with van der Waals surface area (Å²) in [6.45, 7) is 5.04. The van der Waals surface area contributed by atoms with Gasteiger partial charge in [-0.2, -0.15) is 0 Å². The maximum atomic E-state index is 12.9. The van der Waals surface area contributed by atoms with Gasteiger partial charge in [-0.25, -0.2) is 8.42 Å². The molecule has 1 saturated carbocycles. The van der Waals surface area contributed by atoms with Gasteiger partial charge in [-0.3, -0.25) is 4.79 Å². The number of sulfonamides is 1. The first-order chi connectivity index (χ1) is 10.3. The number of benzene rings is 1. The minimum Gasteiger partial charge on any atom is -0.497 e. The number of hydrogen-bond donors (Lipinski definition) is 0. The van der Waals surface area contributed by atoms with Crippen LogP contribution in [0.3, 0.4) is 0 Å². The highest BCUT2D eigenvalue weighted by Crippen LogP contribution is 2.35. The summed E-state index contributed by atoms with van der Waals surface area (Å²) in [4.78, 5) is 16.8. The molecule has 122 valence electrons. The van der Waals surface area contributed by atoms with Crippen LogP contribution in [0, 0.1) is 13.8 Å². The molecule has 0 N–H and O–H groups in total. The van der Waals surface area contributed by atoms with Crippen molar-refractivity contribution in [3.8, 4) is 5.75 Å². The lowest BCUT2D eigenvalue weighted by molar-refractivity contribution is -0.170. The van der Waals surface area contributed by atoms with Gasteiger partial charge in [0.15, 0.2) is 0 Å². The van der Waals surface area contributed by atoms with E-state index < -0.39 is 16.0 Å². The summed E-state index contributed by atoms with van der Waals surface area (Å²) in [6, 6.07) is 3.06. The van der Waals surface area contributed by atoms with Gasteiger partial charge in [0.1, 0.15) is 5.75 Å². The summed E-state index contributed by atoms with van der Waals surface area (Å²) in [5, 5.41) is 0. The Morgan fingerprint density at radius 3 is 2.23 bits per heavy atom. The topological polar surface area (TPSA) is 72.9 Å². The number of aryl methyl sites for hydroxylation is 2. The molecule has 0 radical (unpaired) electrons. The molecule has 1 aromatic rings. The van der Waals surface area contributed by atoms with E-state index in [9.17, 15) is 13.2 Å². The van der Waals surface area contributed by atoms with Crippen molar-refractivity contribution in [2.45, 2.75) is 51.0 Å². The molecular weight excluding hydrogens is 306 g/mol. The smallest absolute Gasteiger partial charge is 0.326 e. The van der Waals surface area contributed by atoms with Crippen molar-refractivity contribution in [1.29, 1.82) is 0 Å². The molecule has 1 fully saturated rings. The summed E-state index contributed by atoms with van der Waals surface area (Å²) >= 11 is 0. The van der Waals surface area contributed by atoms with Gasteiger partial charge in [0.25, 0.3) is 10.0 Å². The van der Waals surface area contributed by atoms with E-state index in [-0.39, 0.29) is 17.4 Å². The second-order valence-corrected chi connectivity index (χ2v) is 7.12. The highest BCUT2D eigenvalue weighted by molar-refractivity contribution is 7.89. The van der Waals surface area contributed by atoms with Crippen molar-refractivity contribution in [3.63, 3.8) is 0 Å². The van der Waals surface area contributed by atoms with Gasteiger partial charge in [0.05, 0.1) is 18.0 Å². The molecule has 1 aliphatic rings. The summed E-state index contributed by atoms with van der Waals surface area (Å²) in [6.07, 6.45) is 1.52. The molecule has 0 saturated heterocycles. The zero-order valence-electron chi connectivity index (χ0n) is 13.3. The minimum atomic E-state index is -3.89. The van der Waals surface area contributed by atoms with E-state index in [1.807, 2.05) is 0 Å². The third-order valence-electron chi connectivity index (χ3n) is 3.49.